The van der Waals surface area contributed by atoms with Gasteiger partial charge < -0.3 is 59.1 Å². The highest BCUT2D eigenvalue weighted by atomic mass is 79.9. The maximum atomic E-state index is 11.3. The Hall–Kier alpha value is -13.1. The molecular weight excluding hydrogens is 1550 g/mol. The van der Waals surface area contributed by atoms with E-state index < -0.39 is 57.9 Å². The van der Waals surface area contributed by atoms with E-state index in [1.54, 1.807) is 121 Å². The number of aliphatic hydroxyl groups excluding tert-OH is 3. The molecule has 39 heteroatoms. The van der Waals surface area contributed by atoms with Gasteiger partial charge in [-0.05, 0) is 114 Å². The molecule has 0 bridgehead atoms. The van der Waals surface area contributed by atoms with E-state index in [9.17, 15) is 80.9 Å². The average Bonchev–Trinajstić information content (AvgIpc) is 0.813. The number of nitro groups is 8. The van der Waals surface area contributed by atoms with Crippen LogP contribution >= 0.6 is 31.9 Å². The first kappa shape index (κ1) is 89.1. The number of non-ortho nitro benzene ring substituents is 4. The summed E-state index contributed by atoms with van der Waals surface area (Å²) >= 11 is 6.04. The minimum Gasteiger partial charge on any atom is -0.483 e. The Morgan fingerprint density at radius 1 is 0.380 bits per heavy atom. The fourth-order valence-electron chi connectivity index (χ4n) is 9.30. The molecule has 10 rings (SSSR count). The molecule has 0 atom stereocenters. The number of hydrogen-bond donors (Lipinski definition) is 11. The van der Waals surface area contributed by atoms with E-state index in [-0.39, 0.29) is 92.7 Å². The number of hydrogen-bond acceptors (Lipinski definition) is 27. The van der Waals surface area contributed by atoms with Gasteiger partial charge in [0.2, 0.25) is 0 Å². The lowest BCUT2D eigenvalue weighted by atomic mass is 9.81. The molecule has 0 unspecified atom stereocenters. The Balaban J connectivity index is 0.000000334. The van der Waals surface area contributed by atoms with Gasteiger partial charge in [0.15, 0.2) is 0 Å². The first-order valence-corrected chi connectivity index (χ1v) is 32.5. The van der Waals surface area contributed by atoms with E-state index in [1.165, 1.54) is 18.2 Å². The lowest BCUT2D eigenvalue weighted by Crippen LogP contribution is -2.29. The van der Waals surface area contributed by atoms with Gasteiger partial charge in [0.05, 0.1) is 74.7 Å². The van der Waals surface area contributed by atoms with Gasteiger partial charge >= 0.3 is 7.12 Å². The average molecular weight is 1620 g/mol. The fourth-order valence-corrected chi connectivity index (χ4v) is 10.3. The van der Waals surface area contributed by atoms with Crippen LogP contribution in [0.25, 0.3) is 44.5 Å². The molecule has 0 spiro atoms. The number of benzene rings is 10. The monoisotopic (exact) mass is 1620 g/mol. The van der Waals surface area contributed by atoms with Crippen molar-refractivity contribution in [3.8, 4) is 44.5 Å². The van der Waals surface area contributed by atoms with Gasteiger partial charge in [0.25, 0.3) is 52.0 Å². The highest BCUT2D eigenvalue weighted by Crippen LogP contribution is 2.41. The molecular formula is C69H68BBr2N13O23. The first-order chi connectivity index (χ1) is 51.3. The van der Waals surface area contributed by atoms with Crippen LogP contribution in [0.4, 0.5) is 68.2 Å². The van der Waals surface area contributed by atoms with E-state index >= 15 is 0 Å². The fraction of sp³-hybridized carbons (Fsp3) is 0.116. The van der Waals surface area contributed by atoms with Gasteiger partial charge in [-0.15, -0.1) is 0 Å². The second kappa shape index (κ2) is 45.8. The molecule has 10 aromatic rings. The standard InChI is InChI=1S/C15H14N2O5.C15H18N2O.C12H7BrN2O4.C12H9N3O4.C6H7BO2.C6H4BrN3O4.C2H7NO.CH2O2/c18-8-4-7-13-14(11-5-2-1-3-6-11)9-12(16(19)20)10-15(13)17(21)22;16-12-9-14(11-5-2-1-3-6-11)13(7-4-8-18)15(17)10-12;2*13-12-10(8-4-2-1-3-5-8)6-9(14(16)17)7-11(12)15(18)19;8-7(9)6-4-2-1-3-5-6;7-4-1-3(9(11)12)2-5(6(4)8)10(13)14;3-1-2-4;2-1-3/h1-3,5-6,9-10,18H,4,7-8H2;1-3,5-6,9-10,18H,4,7-8,16-17H2;1-7H;1-7H,13H2;1-5,8-9H;1-2H,8H2;4H,1-3H2;1H,(H,2,3). The van der Waals surface area contributed by atoms with Crippen molar-refractivity contribution in [2.45, 2.75) is 25.7 Å². The minimum atomic E-state index is -1.34. The van der Waals surface area contributed by atoms with Crippen LogP contribution < -0.4 is 34.1 Å². The molecule has 108 heavy (non-hydrogen) atoms. The van der Waals surface area contributed by atoms with Crippen LogP contribution in [0.3, 0.4) is 0 Å². The molecule has 564 valence electrons. The van der Waals surface area contributed by atoms with Crippen molar-refractivity contribution in [3.05, 3.63) is 313 Å². The SMILES string of the molecule is NCCO.Nc1c(-c2ccccc2)cc([N+](=O)[O-])cc1[N+](=O)[O-].Nc1c(Br)cc([N+](=O)[O-])cc1[N+](=O)[O-].Nc1cc(N)c(CCCO)c(-c2ccccc2)c1.O=CO.O=[N+]([O-])c1cc(-c2ccccc2)c(Br)c([N+](=O)[O-])c1.O=[N+]([O-])c1cc(-c2ccccc2)c(CCCO)c([N+](=O)[O-])c1.OB(O)c1ccccc1. The topological polar surface area (TPSA) is 614 Å². The predicted molar refractivity (Wildman–Crippen MR) is 412 cm³/mol. The molecule has 0 aliphatic heterocycles. The molecule has 0 amide bonds. The van der Waals surface area contributed by atoms with Crippen molar-refractivity contribution in [1.82, 2.24) is 0 Å². The first-order valence-electron chi connectivity index (χ1n) is 30.9. The van der Waals surface area contributed by atoms with E-state index in [2.05, 4.69) is 31.9 Å². The smallest absolute Gasteiger partial charge is 0.483 e. The zero-order chi connectivity index (χ0) is 80.7. The van der Waals surface area contributed by atoms with Crippen LogP contribution in [0.2, 0.25) is 0 Å². The molecule has 0 aliphatic rings. The molecule has 0 saturated heterocycles. The molecule has 0 heterocycles. The van der Waals surface area contributed by atoms with E-state index in [0.29, 0.717) is 69.6 Å². The Bertz CT molecular complexity index is 4590. The summed E-state index contributed by atoms with van der Waals surface area (Å²) in [6.45, 7) is 0.278. The lowest BCUT2D eigenvalue weighted by molar-refractivity contribution is -0.394. The Morgan fingerprint density at radius 3 is 1.04 bits per heavy atom. The molecule has 0 fully saturated rings. The predicted octanol–water partition coefficient (Wildman–Crippen LogP) is 12.1. The summed E-state index contributed by atoms with van der Waals surface area (Å²) in [6, 6.07) is 57.1. The van der Waals surface area contributed by atoms with Crippen LogP contribution in [0, 0.1) is 80.9 Å². The van der Waals surface area contributed by atoms with Crippen molar-refractivity contribution >= 4 is 119 Å². The zero-order valence-corrected chi connectivity index (χ0v) is 59.5. The van der Waals surface area contributed by atoms with Crippen LogP contribution in [0.5, 0.6) is 0 Å². The Morgan fingerprint density at radius 2 is 0.685 bits per heavy atom. The van der Waals surface area contributed by atoms with Crippen LogP contribution in [-0.4, -0.2) is 110 Å². The highest BCUT2D eigenvalue weighted by Gasteiger charge is 2.27. The Labute approximate surface area is 629 Å². The highest BCUT2D eigenvalue weighted by molar-refractivity contribution is 9.11. The molecule has 36 nitrogen and oxygen atoms in total. The quantitative estimate of drug-likeness (QED) is 0.0111. The summed E-state index contributed by atoms with van der Waals surface area (Å²) in [5.74, 6) is 0. The van der Waals surface area contributed by atoms with E-state index in [4.69, 9.17) is 63.9 Å². The van der Waals surface area contributed by atoms with Gasteiger partial charge in [-0.2, -0.15) is 0 Å². The summed E-state index contributed by atoms with van der Waals surface area (Å²) in [5, 5.41) is 136. The maximum Gasteiger partial charge on any atom is 0.488 e. The second-order valence-corrected chi connectivity index (χ2v) is 23.0. The largest absolute Gasteiger partial charge is 0.488 e. The molecule has 0 aromatic heterocycles. The van der Waals surface area contributed by atoms with Gasteiger partial charge in [-0.25, -0.2) is 0 Å². The number of anilines is 4. The summed E-state index contributed by atoms with van der Waals surface area (Å²) in [5.41, 5.74) is 33.2. The van der Waals surface area contributed by atoms with Crippen molar-refractivity contribution < 1.29 is 74.7 Å². The third-order valence-electron chi connectivity index (χ3n) is 14.2. The number of nitrogen functional groups attached to an aromatic ring is 4. The van der Waals surface area contributed by atoms with Crippen LogP contribution in [0.15, 0.2) is 221 Å². The van der Waals surface area contributed by atoms with Crippen LogP contribution in [0.1, 0.15) is 24.0 Å². The number of nitrogens with two attached hydrogens (primary N) is 5. The zero-order valence-electron chi connectivity index (χ0n) is 56.4. The van der Waals surface area contributed by atoms with E-state index in [1.807, 2.05) is 42.5 Å². The van der Waals surface area contributed by atoms with Gasteiger partial charge in [0, 0.05) is 72.1 Å². The molecule has 0 saturated carbocycles. The van der Waals surface area contributed by atoms with Gasteiger partial charge in [0.1, 0.15) is 15.8 Å². The Kier molecular flexibility index (Phi) is 37.8. The number of nitrogens with zero attached hydrogens (tertiary/aromatic N) is 8. The molecule has 0 aliphatic carbocycles. The number of carboxylic acid groups (broad SMARTS) is 1. The van der Waals surface area contributed by atoms with E-state index in [0.717, 1.165) is 53.4 Å². The summed E-state index contributed by atoms with van der Waals surface area (Å²) in [7, 11) is -1.34. The third kappa shape index (κ3) is 27.8. The number of rotatable bonds is 20. The van der Waals surface area contributed by atoms with Crippen molar-refractivity contribution in [1.29, 1.82) is 0 Å². The van der Waals surface area contributed by atoms with Gasteiger partial charge in [-0.1, -0.05) is 152 Å². The number of nitro benzene ring substituents is 8. The van der Waals surface area contributed by atoms with Crippen molar-refractivity contribution in [2.24, 2.45) is 5.73 Å². The summed E-state index contributed by atoms with van der Waals surface area (Å²) < 4.78 is 0.368. The number of halogens is 2. The molecule has 16 N–H and O–H groups in total. The van der Waals surface area contributed by atoms with Crippen LogP contribution in [-0.2, 0) is 17.6 Å². The normalized spacial score (nSPS) is 9.85. The second-order valence-electron chi connectivity index (χ2n) is 21.3. The molecule has 0 radical (unpaired) electrons. The number of aliphatic hydroxyl groups is 3. The molecule has 10 aromatic carbocycles. The maximum absolute atomic E-state index is 11.3. The van der Waals surface area contributed by atoms with Crippen molar-refractivity contribution in [2.75, 3.05) is 49.3 Å². The van der Waals surface area contributed by atoms with Crippen molar-refractivity contribution in [3.63, 3.8) is 0 Å². The summed E-state index contributed by atoms with van der Waals surface area (Å²) in [6.07, 6.45) is 2.08. The van der Waals surface area contributed by atoms with Gasteiger partial charge in [-0.3, -0.25) is 85.7 Å². The third-order valence-corrected chi connectivity index (χ3v) is 15.6. The number of carbonyl (C=O) groups is 1. The summed E-state index contributed by atoms with van der Waals surface area (Å²) in [4.78, 5) is 89.4. The minimum absolute atomic E-state index is 0.0817. The lowest BCUT2D eigenvalue weighted by Gasteiger charge is -2.13.